The van der Waals surface area contributed by atoms with E-state index in [0.717, 1.165) is 54.9 Å². The maximum absolute atomic E-state index is 13.2. The van der Waals surface area contributed by atoms with Gasteiger partial charge in [0.1, 0.15) is 5.00 Å². The number of fused-ring (bicyclic) bond motifs is 1. The smallest absolute Gasteiger partial charge is 0.341 e. The number of anilines is 3. The van der Waals surface area contributed by atoms with E-state index in [1.165, 1.54) is 29.9 Å². The second-order valence-electron chi connectivity index (χ2n) is 9.24. The summed E-state index contributed by atoms with van der Waals surface area (Å²) in [6.45, 7) is 4.56. The van der Waals surface area contributed by atoms with Crippen LogP contribution in [0.4, 0.5) is 16.4 Å². The highest BCUT2D eigenvalue weighted by molar-refractivity contribution is 7.17. The lowest BCUT2D eigenvalue weighted by Gasteiger charge is -2.20. The first-order valence-electron chi connectivity index (χ1n) is 12.3. The summed E-state index contributed by atoms with van der Waals surface area (Å²) in [7, 11) is 0. The van der Waals surface area contributed by atoms with Gasteiger partial charge in [0.05, 0.1) is 18.1 Å². The normalized spacial score (nSPS) is 19.9. The van der Waals surface area contributed by atoms with Gasteiger partial charge in [-0.3, -0.25) is 9.59 Å². The van der Waals surface area contributed by atoms with Crippen LogP contribution in [-0.4, -0.2) is 44.0 Å². The van der Waals surface area contributed by atoms with Crippen molar-refractivity contribution in [3.05, 3.63) is 40.3 Å². The number of nitrogens with one attached hydrogen (secondary N) is 1. The van der Waals surface area contributed by atoms with E-state index in [4.69, 9.17) is 4.74 Å². The lowest BCUT2D eigenvalue weighted by atomic mass is 9.95. The van der Waals surface area contributed by atoms with Crippen LogP contribution in [0.5, 0.6) is 0 Å². The fraction of sp³-hybridized carbons (Fsp3) is 0.500. The molecule has 0 radical (unpaired) electrons. The number of nitrogens with zero attached hydrogens (tertiary/aromatic N) is 2. The van der Waals surface area contributed by atoms with Crippen molar-refractivity contribution in [2.24, 2.45) is 5.92 Å². The Bertz CT molecular complexity index is 1090. The summed E-state index contributed by atoms with van der Waals surface area (Å²) in [6, 6.07) is 8.06. The van der Waals surface area contributed by atoms with Crippen molar-refractivity contribution in [1.29, 1.82) is 0 Å². The Hall–Kier alpha value is -2.87. The molecule has 1 unspecified atom stereocenters. The second-order valence-corrected chi connectivity index (χ2v) is 10.3. The second kappa shape index (κ2) is 9.78. The number of esters is 1. The molecule has 1 aliphatic carbocycles. The van der Waals surface area contributed by atoms with Crippen molar-refractivity contribution >= 4 is 45.5 Å². The van der Waals surface area contributed by atoms with E-state index < -0.39 is 5.92 Å². The van der Waals surface area contributed by atoms with Crippen molar-refractivity contribution in [2.75, 3.05) is 41.4 Å². The SMILES string of the molecule is CCOC(=O)c1c(NC(=O)C2CC(=O)N(c3ccc(N4CCCC4)cc3)C2)sc2c1CCCC2. The standard InChI is InChI=1S/C26H31N3O4S/c1-2-33-26(32)23-20-7-3-4-8-21(20)34-25(23)27-24(31)17-15-22(30)29(16-17)19-11-9-18(10-12-19)28-13-5-6-14-28/h9-12,17H,2-8,13-16H2,1H3,(H,27,31). The Morgan fingerprint density at radius 1 is 1.06 bits per heavy atom. The van der Waals surface area contributed by atoms with Gasteiger partial charge in [0, 0.05) is 42.3 Å². The van der Waals surface area contributed by atoms with Gasteiger partial charge in [-0.2, -0.15) is 0 Å². The van der Waals surface area contributed by atoms with Crippen LogP contribution >= 0.6 is 11.3 Å². The highest BCUT2D eigenvalue weighted by Gasteiger charge is 2.36. The molecular formula is C26H31N3O4S. The molecule has 8 heteroatoms. The first-order chi connectivity index (χ1) is 16.5. The van der Waals surface area contributed by atoms with E-state index in [1.807, 2.05) is 12.1 Å². The highest BCUT2D eigenvalue weighted by atomic mass is 32.1. The monoisotopic (exact) mass is 481 g/mol. The van der Waals surface area contributed by atoms with Crippen LogP contribution in [0, 0.1) is 5.92 Å². The van der Waals surface area contributed by atoms with Crippen LogP contribution in [0.25, 0.3) is 0 Å². The van der Waals surface area contributed by atoms with Gasteiger partial charge in [0.15, 0.2) is 0 Å². The third kappa shape index (κ3) is 4.43. The number of hydrogen-bond acceptors (Lipinski definition) is 6. The minimum atomic E-state index is -0.458. The zero-order valence-corrected chi connectivity index (χ0v) is 20.4. The van der Waals surface area contributed by atoms with Crippen LogP contribution in [0.2, 0.25) is 0 Å². The summed E-state index contributed by atoms with van der Waals surface area (Å²) in [5.41, 5.74) is 3.53. The van der Waals surface area contributed by atoms with E-state index in [1.54, 1.807) is 11.8 Å². The molecule has 34 heavy (non-hydrogen) atoms. The van der Waals surface area contributed by atoms with E-state index in [0.29, 0.717) is 23.7 Å². The minimum absolute atomic E-state index is 0.0508. The van der Waals surface area contributed by atoms with Crippen molar-refractivity contribution in [1.82, 2.24) is 0 Å². The lowest BCUT2D eigenvalue weighted by Crippen LogP contribution is -2.28. The number of hydrogen-bond donors (Lipinski definition) is 1. The first-order valence-corrected chi connectivity index (χ1v) is 13.1. The van der Waals surface area contributed by atoms with Gasteiger partial charge in [-0.15, -0.1) is 11.3 Å². The van der Waals surface area contributed by atoms with Crippen molar-refractivity contribution in [2.45, 2.75) is 51.9 Å². The predicted octanol–water partition coefficient (Wildman–Crippen LogP) is 4.40. The zero-order valence-electron chi connectivity index (χ0n) is 19.6. The molecule has 2 aromatic rings. The molecule has 7 nitrogen and oxygen atoms in total. The summed E-state index contributed by atoms with van der Waals surface area (Å²) >= 11 is 1.48. The van der Waals surface area contributed by atoms with Gasteiger partial charge in [-0.25, -0.2) is 4.79 Å². The molecule has 1 atom stereocenters. The highest BCUT2D eigenvalue weighted by Crippen LogP contribution is 2.39. The van der Waals surface area contributed by atoms with Crippen LogP contribution in [0.15, 0.2) is 24.3 Å². The maximum atomic E-state index is 13.2. The number of rotatable bonds is 6. The Balaban J connectivity index is 1.29. The summed E-state index contributed by atoms with van der Waals surface area (Å²) in [6.07, 6.45) is 6.48. The summed E-state index contributed by atoms with van der Waals surface area (Å²) in [4.78, 5) is 43.8. The van der Waals surface area contributed by atoms with E-state index in [9.17, 15) is 14.4 Å². The molecule has 2 amide bonds. The van der Waals surface area contributed by atoms with Gasteiger partial charge < -0.3 is 19.9 Å². The van der Waals surface area contributed by atoms with Gasteiger partial charge >= 0.3 is 5.97 Å². The Morgan fingerprint density at radius 3 is 2.50 bits per heavy atom. The molecular weight excluding hydrogens is 450 g/mol. The average molecular weight is 482 g/mol. The van der Waals surface area contributed by atoms with Crippen molar-refractivity contribution in [3.63, 3.8) is 0 Å². The van der Waals surface area contributed by atoms with E-state index in [2.05, 4.69) is 22.3 Å². The zero-order chi connectivity index (χ0) is 23.7. The lowest BCUT2D eigenvalue weighted by molar-refractivity contribution is -0.122. The Labute approximate surface area is 204 Å². The quantitative estimate of drug-likeness (QED) is 0.619. The molecule has 1 aromatic heterocycles. The Morgan fingerprint density at radius 2 is 1.76 bits per heavy atom. The Kier molecular flexibility index (Phi) is 6.59. The third-order valence-corrected chi connectivity index (χ3v) is 8.22. The minimum Gasteiger partial charge on any atom is -0.462 e. The molecule has 3 aliphatic rings. The maximum Gasteiger partial charge on any atom is 0.341 e. The average Bonchev–Trinajstić information content (AvgIpc) is 3.58. The largest absolute Gasteiger partial charge is 0.462 e. The topological polar surface area (TPSA) is 78.9 Å². The molecule has 0 spiro atoms. The number of carbonyl (C=O) groups excluding carboxylic acids is 3. The molecule has 180 valence electrons. The molecule has 0 saturated carbocycles. The molecule has 5 rings (SSSR count). The molecule has 2 fully saturated rings. The molecule has 2 saturated heterocycles. The van der Waals surface area contributed by atoms with E-state index >= 15 is 0 Å². The first kappa shape index (κ1) is 22.9. The fourth-order valence-corrected chi connectivity index (χ4v) is 6.52. The van der Waals surface area contributed by atoms with E-state index in [-0.39, 0.29) is 24.2 Å². The van der Waals surface area contributed by atoms with Crippen LogP contribution < -0.4 is 15.1 Å². The van der Waals surface area contributed by atoms with Crippen molar-refractivity contribution in [3.8, 4) is 0 Å². The van der Waals surface area contributed by atoms with Crippen LogP contribution in [-0.2, 0) is 27.2 Å². The molecule has 1 aromatic carbocycles. The van der Waals surface area contributed by atoms with Crippen LogP contribution in [0.3, 0.4) is 0 Å². The predicted molar refractivity (Wildman–Crippen MR) is 134 cm³/mol. The summed E-state index contributed by atoms with van der Waals surface area (Å²) in [5, 5.41) is 3.55. The summed E-state index contributed by atoms with van der Waals surface area (Å²) in [5.74, 6) is -1.10. The van der Waals surface area contributed by atoms with Gasteiger partial charge in [0.25, 0.3) is 0 Å². The fourth-order valence-electron chi connectivity index (χ4n) is 5.24. The van der Waals surface area contributed by atoms with Gasteiger partial charge in [-0.05, 0) is 75.3 Å². The van der Waals surface area contributed by atoms with Gasteiger partial charge in [-0.1, -0.05) is 0 Å². The number of aryl methyl sites for hydroxylation is 1. The van der Waals surface area contributed by atoms with Crippen LogP contribution in [0.1, 0.15) is 59.8 Å². The number of benzene rings is 1. The number of ether oxygens (including phenoxy) is 1. The third-order valence-electron chi connectivity index (χ3n) is 7.02. The number of amides is 2. The van der Waals surface area contributed by atoms with Crippen molar-refractivity contribution < 1.29 is 19.1 Å². The molecule has 3 heterocycles. The number of thiophene rings is 1. The molecule has 1 N–H and O–H groups in total. The molecule has 2 aliphatic heterocycles. The summed E-state index contributed by atoms with van der Waals surface area (Å²) < 4.78 is 5.29. The number of carbonyl (C=O) groups is 3. The van der Waals surface area contributed by atoms with Gasteiger partial charge in [0.2, 0.25) is 11.8 Å². The molecule has 0 bridgehead atoms.